The lowest BCUT2D eigenvalue weighted by Gasteiger charge is -2.10. The van der Waals surface area contributed by atoms with Gasteiger partial charge in [-0.2, -0.15) is 5.26 Å². The molecule has 0 bridgehead atoms. The van der Waals surface area contributed by atoms with Crippen molar-refractivity contribution in [2.24, 2.45) is 0 Å². The van der Waals surface area contributed by atoms with E-state index in [0.29, 0.717) is 5.69 Å². The molecular weight excluding hydrogens is 430 g/mol. The van der Waals surface area contributed by atoms with Gasteiger partial charge >= 0.3 is 0 Å². The van der Waals surface area contributed by atoms with Crippen molar-refractivity contribution in [3.8, 4) is 22.9 Å². The number of nitrogens with zero attached hydrogens (tertiary/aromatic N) is 3. The fourth-order valence-corrected chi connectivity index (χ4v) is 4.95. The second kappa shape index (κ2) is 8.16. The number of nitriles is 1. The third-order valence-electron chi connectivity index (χ3n) is 6.39. The van der Waals surface area contributed by atoms with Crippen LogP contribution in [0.3, 0.4) is 0 Å². The number of fused-ring (bicyclic) bond motifs is 5. The van der Waals surface area contributed by atoms with Gasteiger partial charge in [-0.05, 0) is 66.6 Å². The highest BCUT2D eigenvalue weighted by molar-refractivity contribution is 6.23. The van der Waals surface area contributed by atoms with E-state index in [1.807, 2.05) is 31.2 Å². The summed E-state index contributed by atoms with van der Waals surface area (Å²) >= 11 is 0. The molecule has 0 unspecified atom stereocenters. The van der Waals surface area contributed by atoms with E-state index in [-0.39, 0.29) is 0 Å². The van der Waals surface area contributed by atoms with Crippen LogP contribution in [0.15, 0.2) is 96.1 Å². The number of hydrogen-bond acceptors (Lipinski definition) is 3. The SMILES string of the molecule is C=Cc1oc2ccc3c(c4ccccc4n3-c3cccc(-c4ccnc(C#N)c4)c3)c2c1/C=C\C. The van der Waals surface area contributed by atoms with Gasteiger partial charge in [0.1, 0.15) is 23.1 Å². The quantitative estimate of drug-likeness (QED) is 0.272. The summed E-state index contributed by atoms with van der Waals surface area (Å²) in [5, 5.41) is 12.7. The molecule has 0 aliphatic rings. The van der Waals surface area contributed by atoms with Gasteiger partial charge in [-0.15, -0.1) is 0 Å². The van der Waals surface area contributed by atoms with Crippen molar-refractivity contribution in [2.75, 3.05) is 0 Å². The lowest BCUT2D eigenvalue weighted by Crippen LogP contribution is -1.94. The number of pyridine rings is 1. The van der Waals surface area contributed by atoms with Crippen LogP contribution in [-0.4, -0.2) is 9.55 Å². The first-order chi connectivity index (χ1) is 17.2. The van der Waals surface area contributed by atoms with Crippen LogP contribution >= 0.6 is 0 Å². The highest BCUT2D eigenvalue weighted by atomic mass is 16.3. The summed E-state index contributed by atoms with van der Waals surface area (Å²) in [6.07, 6.45) is 7.57. The molecule has 0 N–H and O–H groups in total. The summed E-state index contributed by atoms with van der Waals surface area (Å²) < 4.78 is 8.45. The van der Waals surface area contributed by atoms with Crippen LogP contribution in [0, 0.1) is 11.3 Å². The third kappa shape index (κ3) is 3.18. The maximum Gasteiger partial charge on any atom is 0.141 e. The van der Waals surface area contributed by atoms with Gasteiger partial charge in [0.15, 0.2) is 0 Å². The Labute approximate surface area is 202 Å². The van der Waals surface area contributed by atoms with Crippen LogP contribution in [0.25, 0.3) is 61.7 Å². The fraction of sp³-hybridized carbons (Fsp3) is 0.0323. The van der Waals surface area contributed by atoms with Gasteiger partial charge in [0.05, 0.1) is 11.0 Å². The molecule has 3 heterocycles. The minimum atomic E-state index is 0.404. The van der Waals surface area contributed by atoms with E-state index in [9.17, 15) is 5.26 Å². The number of para-hydroxylation sites is 1. The first-order valence-electron chi connectivity index (χ1n) is 11.4. The minimum absolute atomic E-state index is 0.404. The monoisotopic (exact) mass is 451 g/mol. The molecule has 0 fully saturated rings. The van der Waals surface area contributed by atoms with Crippen LogP contribution in [0.1, 0.15) is 23.9 Å². The number of rotatable bonds is 4. The van der Waals surface area contributed by atoms with Crippen LogP contribution in [0.4, 0.5) is 0 Å². The summed E-state index contributed by atoms with van der Waals surface area (Å²) in [6, 6.07) is 26.9. The Hall–Kier alpha value is -4.88. The van der Waals surface area contributed by atoms with E-state index >= 15 is 0 Å². The lowest BCUT2D eigenvalue weighted by atomic mass is 10.0. The van der Waals surface area contributed by atoms with Crippen LogP contribution < -0.4 is 0 Å². The average molecular weight is 452 g/mol. The molecule has 6 rings (SSSR count). The van der Waals surface area contributed by atoms with Crippen molar-refractivity contribution < 1.29 is 4.42 Å². The van der Waals surface area contributed by atoms with Gasteiger partial charge in [-0.1, -0.05) is 49.1 Å². The predicted octanol–water partition coefficient (Wildman–Crippen LogP) is 8.14. The Morgan fingerprint density at radius 3 is 2.63 bits per heavy atom. The van der Waals surface area contributed by atoms with Gasteiger partial charge in [-0.3, -0.25) is 0 Å². The van der Waals surface area contributed by atoms with Crippen molar-refractivity contribution in [3.63, 3.8) is 0 Å². The number of allylic oxidation sites excluding steroid dienone is 1. The zero-order chi connectivity index (χ0) is 23.9. The predicted molar refractivity (Wildman–Crippen MR) is 143 cm³/mol. The molecule has 3 aromatic heterocycles. The summed E-state index contributed by atoms with van der Waals surface area (Å²) in [7, 11) is 0. The molecule has 0 amide bonds. The van der Waals surface area contributed by atoms with Crippen molar-refractivity contribution in [1.29, 1.82) is 5.26 Å². The Balaban J connectivity index is 1.69. The molecule has 0 radical (unpaired) electrons. The lowest BCUT2D eigenvalue weighted by molar-refractivity contribution is 0.603. The zero-order valence-electron chi connectivity index (χ0n) is 19.2. The molecule has 3 aromatic carbocycles. The summed E-state index contributed by atoms with van der Waals surface area (Å²) in [5.74, 6) is 0.774. The van der Waals surface area contributed by atoms with E-state index < -0.39 is 0 Å². The normalized spacial score (nSPS) is 11.5. The van der Waals surface area contributed by atoms with E-state index in [1.165, 1.54) is 0 Å². The fourth-order valence-electron chi connectivity index (χ4n) is 4.95. The summed E-state index contributed by atoms with van der Waals surface area (Å²) in [5.41, 5.74) is 7.55. The molecule has 35 heavy (non-hydrogen) atoms. The Kier molecular flexibility index (Phi) is 4.83. The van der Waals surface area contributed by atoms with E-state index in [2.05, 4.69) is 82.9 Å². The highest BCUT2D eigenvalue weighted by Gasteiger charge is 2.19. The molecule has 6 aromatic rings. The number of furan rings is 1. The Bertz CT molecular complexity index is 1840. The minimum Gasteiger partial charge on any atom is -0.456 e. The third-order valence-corrected chi connectivity index (χ3v) is 6.39. The second-order valence-electron chi connectivity index (χ2n) is 8.36. The second-order valence-corrected chi connectivity index (χ2v) is 8.36. The highest BCUT2D eigenvalue weighted by Crippen LogP contribution is 2.41. The average Bonchev–Trinajstić information content (AvgIpc) is 3.44. The first-order valence-corrected chi connectivity index (χ1v) is 11.4. The van der Waals surface area contributed by atoms with E-state index in [1.54, 1.807) is 12.3 Å². The summed E-state index contributed by atoms with van der Waals surface area (Å²) in [6.45, 7) is 5.97. The van der Waals surface area contributed by atoms with Crippen molar-refractivity contribution in [2.45, 2.75) is 6.92 Å². The number of benzene rings is 3. The molecule has 0 saturated heterocycles. The van der Waals surface area contributed by atoms with Gasteiger partial charge in [0.25, 0.3) is 0 Å². The molecular formula is C31H21N3O. The van der Waals surface area contributed by atoms with Gasteiger partial charge < -0.3 is 8.98 Å². The topological polar surface area (TPSA) is 54.8 Å². The van der Waals surface area contributed by atoms with Crippen LogP contribution in [0.2, 0.25) is 0 Å². The maximum atomic E-state index is 9.28. The van der Waals surface area contributed by atoms with Gasteiger partial charge in [0.2, 0.25) is 0 Å². The molecule has 0 aliphatic carbocycles. The molecule has 0 saturated carbocycles. The van der Waals surface area contributed by atoms with Crippen LogP contribution in [0.5, 0.6) is 0 Å². The van der Waals surface area contributed by atoms with E-state index in [4.69, 9.17) is 4.42 Å². The Morgan fingerprint density at radius 1 is 0.943 bits per heavy atom. The zero-order valence-corrected chi connectivity index (χ0v) is 19.2. The number of hydrogen-bond donors (Lipinski definition) is 0. The van der Waals surface area contributed by atoms with Gasteiger partial charge in [0, 0.05) is 33.6 Å². The largest absolute Gasteiger partial charge is 0.456 e. The molecule has 4 heteroatoms. The molecule has 0 atom stereocenters. The molecule has 0 aliphatic heterocycles. The van der Waals surface area contributed by atoms with Crippen molar-refractivity contribution in [1.82, 2.24) is 9.55 Å². The van der Waals surface area contributed by atoms with E-state index in [0.717, 1.165) is 60.9 Å². The van der Waals surface area contributed by atoms with Crippen molar-refractivity contribution >= 4 is 44.9 Å². The van der Waals surface area contributed by atoms with Gasteiger partial charge in [-0.25, -0.2) is 4.98 Å². The maximum absolute atomic E-state index is 9.28. The van der Waals surface area contributed by atoms with Crippen molar-refractivity contribution in [3.05, 3.63) is 109 Å². The smallest absolute Gasteiger partial charge is 0.141 e. The standard InChI is InChI=1S/C31H21N3O/c1-3-8-25-28(4-2)35-29-14-13-27-30(31(25)29)24-11-5-6-12-26(24)34(27)23-10-7-9-20(18-23)21-15-16-33-22(17-21)19-32/h3-18H,2H2,1H3/b8-3-. The molecule has 4 nitrogen and oxygen atoms in total. The first kappa shape index (κ1) is 20.7. The summed E-state index contributed by atoms with van der Waals surface area (Å²) in [4.78, 5) is 4.11. The molecule has 166 valence electrons. The van der Waals surface area contributed by atoms with Crippen LogP contribution in [-0.2, 0) is 0 Å². The molecule has 0 spiro atoms. The number of aromatic nitrogens is 2. The Morgan fingerprint density at radius 2 is 1.80 bits per heavy atom.